The van der Waals surface area contributed by atoms with Crippen molar-refractivity contribution in [2.75, 3.05) is 25.5 Å². The Morgan fingerprint density at radius 3 is 2.76 bits per heavy atom. The summed E-state index contributed by atoms with van der Waals surface area (Å²) in [6.07, 6.45) is 11.5. The second-order valence-electron chi connectivity index (χ2n) is 9.22. The number of hydrogen-bond acceptors (Lipinski definition) is 7. The van der Waals surface area contributed by atoms with Crippen LogP contribution in [0.3, 0.4) is 0 Å². The van der Waals surface area contributed by atoms with Gasteiger partial charge < -0.3 is 19.9 Å². The van der Waals surface area contributed by atoms with Crippen molar-refractivity contribution in [3.8, 4) is 17.0 Å². The Kier molecular flexibility index (Phi) is 5.27. The number of methoxy groups -OCH3 is 1. The molecule has 1 saturated carbocycles. The maximum absolute atomic E-state index is 12.7. The SMILES string of the molecule is COc1nc(NC2CCC(C(=O)N3CCCC3)CC2)nc2[nH]cc(-c3ccc4nncn4c3)c12. The number of aromatic amines is 1. The first-order chi connectivity index (χ1) is 16.7. The van der Waals surface area contributed by atoms with Gasteiger partial charge in [0.2, 0.25) is 17.7 Å². The number of anilines is 1. The first kappa shape index (κ1) is 20.9. The largest absolute Gasteiger partial charge is 0.480 e. The summed E-state index contributed by atoms with van der Waals surface area (Å²) in [7, 11) is 1.63. The zero-order valence-electron chi connectivity index (χ0n) is 19.2. The molecule has 0 radical (unpaired) electrons. The van der Waals surface area contributed by atoms with E-state index < -0.39 is 0 Å². The highest BCUT2D eigenvalue weighted by atomic mass is 16.5. The average molecular weight is 461 g/mol. The number of likely N-dealkylation sites (tertiary alicyclic amines) is 1. The number of aromatic nitrogens is 6. The summed E-state index contributed by atoms with van der Waals surface area (Å²) in [6.45, 7) is 1.85. The van der Waals surface area contributed by atoms with Gasteiger partial charge in [-0.2, -0.15) is 9.97 Å². The molecule has 4 aromatic heterocycles. The maximum atomic E-state index is 12.7. The van der Waals surface area contributed by atoms with Gasteiger partial charge in [0.15, 0.2) is 5.65 Å². The fourth-order valence-electron chi connectivity index (χ4n) is 5.29. The Hall–Kier alpha value is -3.69. The number of carbonyl (C=O) groups is 1. The van der Waals surface area contributed by atoms with Gasteiger partial charge in [-0.05, 0) is 50.7 Å². The number of ether oxygens (including phenoxy) is 1. The van der Waals surface area contributed by atoms with Crippen molar-refractivity contribution in [1.29, 1.82) is 0 Å². The lowest BCUT2D eigenvalue weighted by molar-refractivity contribution is -0.135. The third kappa shape index (κ3) is 3.72. The molecule has 34 heavy (non-hydrogen) atoms. The summed E-state index contributed by atoms with van der Waals surface area (Å²) < 4.78 is 7.54. The zero-order valence-corrected chi connectivity index (χ0v) is 19.2. The highest BCUT2D eigenvalue weighted by Gasteiger charge is 2.31. The summed E-state index contributed by atoms with van der Waals surface area (Å²) in [5, 5.41) is 12.3. The molecule has 0 spiro atoms. The Bertz CT molecular complexity index is 1330. The highest BCUT2D eigenvalue weighted by Crippen LogP contribution is 2.35. The topological polar surface area (TPSA) is 113 Å². The summed E-state index contributed by atoms with van der Waals surface area (Å²) in [5.41, 5.74) is 3.44. The van der Waals surface area contributed by atoms with Crippen molar-refractivity contribution in [3.05, 3.63) is 30.9 Å². The van der Waals surface area contributed by atoms with Crippen LogP contribution < -0.4 is 10.1 Å². The Balaban J connectivity index is 1.20. The van der Waals surface area contributed by atoms with Crippen molar-refractivity contribution in [3.63, 3.8) is 0 Å². The minimum absolute atomic E-state index is 0.156. The Morgan fingerprint density at radius 2 is 1.97 bits per heavy atom. The quantitative estimate of drug-likeness (QED) is 0.470. The normalized spacial score (nSPS) is 20.8. The van der Waals surface area contributed by atoms with E-state index in [1.807, 2.05) is 33.8 Å². The molecule has 0 aromatic carbocycles. The van der Waals surface area contributed by atoms with Crippen LogP contribution in [-0.2, 0) is 4.79 Å². The molecule has 2 aliphatic rings. The van der Waals surface area contributed by atoms with Gasteiger partial charge in [-0.15, -0.1) is 10.2 Å². The van der Waals surface area contributed by atoms with E-state index in [1.54, 1.807) is 13.4 Å². The maximum Gasteiger partial charge on any atom is 0.228 e. The molecule has 2 N–H and O–H groups in total. The minimum Gasteiger partial charge on any atom is -0.480 e. The lowest BCUT2D eigenvalue weighted by Crippen LogP contribution is -2.37. The first-order valence-corrected chi connectivity index (χ1v) is 12.0. The first-order valence-electron chi connectivity index (χ1n) is 12.0. The van der Waals surface area contributed by atoms with Crippen LogP contribution in [0.15, 0.2) is 30.9 Å². The van der Waals surface area contributed by atoms with Crippen molar-refractivity contribution in [2.24, 2.45) is 5.92 Å². The van der Waals surface area contributed by atoms with Gasteiger partial charge in [-0.1, -0.05) is 0 Å². The zero-order chi connectivity index (χ0) is 23.1. The van der Waals surface area contributed by atoms with Gasteiger partial charge in [0.1, 0.15) is 12.0 Å². The summed E-state index contributed by atoms with van der Waals surface area (Å²) in [4.78, 5) is 27.4. The number of H-pyrrole nitrogens is 1. The van der Waals surface area contributed by atoms with E-state index in [0.717, 1.165) is 73.8 Å². The van der Waals surface area contributed by atoms with Crippen molar-refractivity contribution in [1.82, 2.24) is 34.4 Å². The molecule has 0 unspecified atom stereocenters. The predicted octanol–water partition coefficient (Wildman–Crippen LogP) is 3.27. The number of nitrogens with one attached hydrogen (secondary N) is 2. The molecule has 2 fully saturated rings. The number of amides is 1. The molecule has 10 nitrogen and oxygen atoms in total. The molecule has 1 aliphatic heterocycles. The van der Waals surface area contributed by atoms with Crippen LogP contribution in [0.25, 0.3) is 27.8 Å². The number of hydrogen-bond donors (Lipinski definition) is 2. The molecule has 6 rings (SSSR count). The van der Waals surface area contributed by atoms with E-state index in [4.69, 9.17) is 9.72 Å². The minimum atomic E-state index is 0.156. The third-order valence-corrected chi connectivity index (χ3v) is 7.12. The van der Waals surface area contributed by atoms with E-state index in [-0.39, 0.29) is 12.0 Å². The van der Waals surface area contributed by atoms with Gasteiger partial charge in [0.25, 0.3) is 0 Å². The molecule has 1 amide bonds. The fraction of sp³-hybridized carbons (Fsp3) is 0.458. The molecular formula is C24H28N8O2. The molecule has 4 aromatic rings. The molecule has 1 saturated heterocycles. The van der Waals surface area contributed by atoms with Gasteiger partial charge in [-0.3, -0.25) is 9.20 Å². The van der Waals surface area contributed by atoms with Crippen LogP contribution in [-0.4, -0.2) is 66.6 Å². The van der Waals surface area contributed by atoms with Crippen LogP contribution in [0.5, 0.6) is 5.88 Å². The van der Waals surface area contributed by atoms with Crippen LogP contribution >= 0.6 is 0 Å². The number of fused-ring (bicyclic) bond motifs is 2. The van der Waals surface area contributed by atoms with Crippen molar-refractivity contribution >= 4 is 28.5 Å². The molecule has 10 heteroatoms. The standard InChI is InChI=1S/C24H28N8O2/c1-34-22-20-18(16-6-9-19-30-26-14-32(19)13-16)12-25-21(20)28-24(29-22)27-17-7-4-15(5-8-17)23(33)31-10-2-3-11-31/h6,9,12-15,17H,2-5,7-8,10-11H2,1H3,(H2,25,27,28,29). The van der Waals surface area contributed by atoms with E-state index in [1.165, 1.54) is 0 Å². The predicted molar refractivity (Wildman–Crippen MR) is 128 cm³/mol. The monoisotopic (exact) mass is 460 g/mol. The number of pyridine rings is 1. The van der Waals surface area contributed by atoms with Crippen molar-refractivity contribution < 1.29 is 9.53 Å². The highest BCUT2D eigenvalue weighted by molar-refractivity contribution is 5.97. The number of rotatable bonds is 5. The molecule has 0 bridgehead atoms. The lowest BCUT2D eigenvalue weighted by atomic mass is 9.85. The summed E-state index contributed by atoms with van der Waals surface area (Å²) >= 11 is 0. The average Bonchev–Trinajstić information content (AvgIpc) is 3.64. The van der Waals surface area contributed by atoms with Gasteiger partial charge in [-0.25, -0.2) is 0 Å². The van der Waals surface area contributed by atoms with E-state index in [9.17, 15) is 4.79 Å². The van der Waals surface area contributed by atoms with Gasteiger partial charge >= 0.3 is 0 Å². The summed E-state index contributed by atoms with van der Waals surface area (Å²) in [6, 6.07) is 4.17. The molecule has 176 valence electrons. The molecular weight excluding hydrogens is 432 g/mol. The summed E-state index contributed by atoms with van der Waals surface area (Å²) in [5.74, 6) is 1.56. The van der Waals surface area contributed by atoms with Gasteiger partial charge in [0.05, 0.1) is 12.5 Å². The van der Waals surface area contributed by atoms with Gasteiger partial charge in [0, 0.05) is 48.6 Å². The van der Waals surface area contributed by atoms with E-state index >= 15 is 0 Å². The number of carbonyl (C=O) groups excluding carboxylic acids is 1. The third-order valence-electron chi connectivity index (χ3n) is 7.12. The molecule has 5 heterocycles. The van der Waals surface area contributed by atoms with Crippen LogP contribution in [0.2, 0.25) is 0 Å². The van der Waals surface area contributed by atoms with Crippen molar-refractivity contribution in [2.45, 2.75) is 44.6 Å². The Morgan fingerprint density at radius 1 is 1.15 bits per heavy atom. The van der Waals surface area contributed by atoms with E-state index in [0.29, 0.717) is 23.4 Å². The smallest absolute Gasteiger partial charge is 0.228 e. The molecule has 1 aliphatic carbocycles. The Labute approximate surface area is 196 Å². The van der Waals surface area contributed by atoms with Crippen LogP contribution in [0.4, 0.5) is 5.95 Å². The lowest BCUT2D eigenvalue weighted by Gasteiger charge is -2.30. The van der Waals surface area contributed by atoms with Crippen LogP contribution in [0, 0.1) is 5.92 Å². The second-order valence-corrected chi connectivity index (χ2v) is 9.22. The molecule has 0 atom stereocenters. The fourth-order valence-corrected chi connectivity index (χ4v) is 5.29. The van der Waals surface area contributed by atoms with Crippen LogP contribution in [0.1, 0.15) is 38.5 Å². The number of nitrogens with zero attached hydrogens (tertiary/aromatic N) is 6. The second kappa shape index (κ2) is 8.58. The van der Waals surface area contributed by atoms with E-state index in [2.05, 4.69) is 25.5 Å².